The first-order chi connectivity index (χ1) is 13.9. The molecule has 29 heavy (non-hydrogen) atoms. The SMILES string of the molecule is CCCOc1c(Cl)cc(C(=O)OCc2cc(=O)n3c(C)cccc3n2)cc1OC. The van der Waals surface area contributed by atoms with Crippen molar-refractivity contribution < 1.29 is 19.0 Å². The van der Waals surface area contributed by atoms with Gasteiger partial charge < -0.3 is 14.2 Å². The highest BCUT2D eigenvalue weighted by Gasteiger charge is 2.17. The Morgan fingerprint density at radius 2 is 2.03 bits per heavy atom. The molecule has 2 heterocycles. The number of fused-ring (bicyclic) bond motifs is 1. The van der Waals surface area contributed by atoms with Crippen LogP contribution in [0.1, 0.15) is 35.1 Å². The third-order valence-electron chi connectivity index (χ3n) is 4.20. The van der Waals surface area contributed by atoms with Crippen LogP contribution in [0.4, 0.5) is 0 Å². The molecule has 0 unspecified atom stereocenters. The summed E-state index contributed by atoms with van der Waals surface area (Å²) in [7, 11) is 1.47. The summed E-state index contributed by atoms with van der Waals surface area (Å²) in [5.41, 5.74) is 1.60. The maximum Gasteiger partial charge on any atom is 0.338 e. The lowest BCUT2D eigenvalue weighted by Crippen LogP contribution is -2.18. The number of pyridine rings is 1. The number of aromatic nitrogens is 2. The highest BCUT2D eigenvalue weighted by Crippen LogP contribution is 2.36. The highest BCUT2D eigenvalue weighted by molar-refractivity contribution is 6.32. The number of carbonyl (C=O) groups is 1. The van der Waals surface area contributed by atoms with Crippen LogP contribution in [-0.4, -0.2) is 29.1 Å². The van der Waals surface area contributed by atoms with Gasteiger partial charge in [0.2, 0.25) is 0 Å². The molecule has 0 aliphatic rings. The van der Waals surface area contributed by atoms with E-state index in [1.165, 1.54) is 29.7 Å². The second-order valence-corrected chi connectivity index (χ2v) is 6.77. The first-order valence-electron chi connectivity index (χ1n) is 9.10. The van der Waals surface area contributed by atoms with Gasteiger partial charge in [-0.3, -0.25) is 9.20 Å². The third kappa shape index (κ3) is 4.51. The number of halogens is 1. The van der Waals surface area contributed by atoms with E-state index < -0.39 is 5.97 Å². The lowest BCUT2D eigenvalue weighted by atomic mass is 10.2. The van der Waals surface area contributed by atoms with Crippen molar-refractivity contribution in [3.05, 3.63) is 68.7 Å². The smallest absolute Gasteiger partial charge is 0.338 e. The van der Waals surface area contributed by atoms with Crippen molar-refractivity contribution in [2.45, 2.75) is 26.9 Å². The molecule has 0 saturated carbocycles. The molecule has 152 valence electrons. The van der Waals surface area contributed by atoms with Crippen molar-refractivity contribution in [3.8, 4) is 11.5 Å². The van der Waals surface area contributed by atoms with E-state index in [9.17, 15) is 9.59 Å². The van der Waals surface area contributed by atoms with Crippen molar-refractivity contribution in [1.29, 1.82) is 0 Å². The highest BCUT2D eigenvalue weighted by atomic mass is 35.5. The van der Waals surface area contributed by atoms with E-state index in [1.807, 2.05) is 26.0 Å². The zero-order valence-electron chi connectivity index (χ0n) is 16.4. The Morgan fingerprint density at radius 3 is 2.76 bits per heavy atom. The van der Waals surface area contributed by atoms with Gasteiger partial charge in [0.25, 0.3) is 5.56 Å². The number of esters is 1. The zero-order chi connectivity index (χ0) is 21.0. The Balaban J connectivity index is 1.80. The number of methoxy groups -OCH3 is 1. The van der Waals surface area contributed by atoms with E-state index >= 15 is 0 Å². The quantitative estimate of drug-likeness (QED) is 0.545. The first kappa shape index (κ1) is 20.7. The van der Waals surface area contributed by atoms with Crippen LogP contribution in [0.3, 0.4) is 0 Å². The van der Waals surface area contributed by atoms with Gasteiger partial charge >= 0.3 is 5.97 Å². The molecule has 8 heteroatoms. The van der Waals surface area contributed by atoms with Gasteiger partial charge in [-0.05, 0) is 37.6 Å². The number of ether oxygens (including phenoxy) is 3. The standard InChI is InChI=1S/C21H21ClN2O5/c1-4-8-28-20-16(22)9-14(10-17(20)27-3)21(26)29-12-15-11-19(25)24-13(2)6-5-7-18(24)23-15/h5-7,9-11H,4,8,12H2,1-3H3. The van der Waals surface area contributed by atoms with Gasteiger partial charge in [-0.1, -0.05) is 24.6 Å². The monoisotopic (exact) mass is 416 g/mol. The minimum atomic E-state index is -0.613. The molecule has 0 fully saturated rings. The molecular weight excluding hydrogens is 396 g/mol. The Hall–Kier alpha value is -3.06. The number of aryl methyl sites for hydroxylation is 1. The molecule has 0 N–H and O–H groups in total. The summed E-state index contributed by atoms with van der Waals surface area (Å²) in [6.45, 7) is 4.12. The summed E-state index contributed by atoms with van der Waals surface area (Å²) in [6, 6.07) is 9.67. The number of nitrogens with zero attached hydrogens (tertiary/aromatic N) is 2. The fraction of sp³-hybridized carbons (Fsp3) is 0.286. The number of hydrogen-bond donors (Lipinski definition) is 0. The van der Waals surface area contributed by atoms with Crippen molar-refractivity contribution in [3.63, 3.8) is 0 Å². The largest absolute Gasteiger partial charge is 0.493 e. The molecular formula is C21H21ClN2O5. The van der Waals surface area contributed by atoms with Gasteiger partial charge in [0.1, 0.15) is 12.3 Å². The summed E-state index contributed by atoms with van der Waals surface area (Å²) in [6.07, 6.45) is 0.807. The maximum atomic E-state index is 12.5. The normalized spacial score (nSPS) is 10.8. The third-order valence-corrected chi connectivity index (χ3v) is 4.48. The molecule has 0 aliphatic heterocycles. The summed E-state index contributed by atoms with van der Waals surface area (Å²) in [5, 5.41) is 0.252. The molecule has 7 nitrogen and oxygen atoms in total. The fourth-order valence-electron chi connectivity index (χ4n) is 2.84. The molecule has 0 amide bonds. The van der Waals surface area contributed by atoms with Crippen LogP contribution in [0, 0.1) is 6.92 Å². The zero-order valence-corrected chi connectivity index (χ0v) is 17.2. The minimum Gasteiger partial charge on any atom is -0.493 e. The molecule has 3 rings (SSSR count). The lowest BCUT2D eigenvalue weighted by molar-refractivity contribution is 0.0467. The molecule has 0 radical (unpaired) electrons. The number of rotatable bonds is 7. The fourth-order valence-corrected chi connectivity index (χ4v) is 3.11. The minimum absolute atomic E-state index is 0.146. The van der Waals surface area contributed by atoms with Gasteiger partial charge in [0.05, 0.1) is 30.0 Å². The Kier molecular flexibility index (Phi) is 6.39. The molecule has 0 saturated heterocycles. The molecule has 1 aromatic carbocycles. The summed E-state index contributed by atoms with van der Waals surface area (Å²) >= 11 is 6.24. The van der Waals surface area contributed by atoms with Crippen LogP contribution >= 0.6 is 11.6 Å². The van der Waals surface area contributed by atoms with E-state index in [-0.39, 0.29) is 22.8 Å². The molecule has 0 atom stereocenters. The van der Waals surface area contributed by atoms with Crippen LogP contribution < -0.4 is 15.0 Å². The predicted molar refractivity (Wildman–Crippen MR) is 109 cm³/mol. The number of hydrogen-bond acceptors (Lipinski definition) is 6. The Morgan fingerprint density at radius 1 is 1.24 bits per heavy atom. The van der Waals surface area contributed by atoms with Crippen LogP contribution in [0.2, 0.25) is 5.02 Å². The summed E-state index contributed by atoms with van der Waals surface area (Å²) < 4.78 is 17.7. The molecule has 3 aromatic rings. The van der Waals surface area contributed by atoms with Crippen LogP contribution in [0.25, 0.3) is 5.65 Å². The van der Waals surface area contributed by atoms with Crippen molar-refractivity contribution in [2.24, 2.45) is 0 Å². The Bertz CT molecular complexity index is 1110. The topological polar surface area (TPSA) is 79.1 Å². The van der Waals surface area contributed by atoms with Crippen molar-refractivity contribution in [2.75, 3.05) is 13.7 Å². The van der Waals surface area contributed by atoms with E-state index in [0.717, 1.165) is 12.1 Å². The van der Waals surface area contributed by atoms with Gasteiger partial charge in [-0.2, -0.15) is 0 Å². The van der Waals surface area contributed by atoms with Crippen molar-refractivity contribution >= 4 is 23.2 Å². The molecule has 2 aromatic heterocycles. The second-order valence-electron chi connectivity index (χ2n) is 6.36. The van der Waals surface area contributed by atoms with E-state index in [0.29, 0.717) is 29.4 Å². The first-order valence-corrected chi connectivity index (χ1v) is 9.48. The lowest BCUT2D eigenvalue weighted by Gasteiger charge is -2.13. The summed E-state index contributed by atoms with van der Waals surface area (Å²) in [4.78, 5) is 29.2. The molecule has 0 spiro atoms. The second kappa shape index (κ2) is 8.96. The number of benzene rings is 1. The average molecular weight is 417 g/mol. The maximum absolute atomic E-state index is 12.5. The van der Waals surface area contributed by atoms with Gasteiger partial charge in [-0.15, -0.1) is 0 Å². The molecule has 0 bridgehead atoms. The van der Waals surface area contributed by atoms with E-state index in [1.54, 1.807) is 6.07 Å². The number of carbonyl (C=O) groups excluding carboxylic acids is 1. The van der Waals surface area contributed by atoms with Gasteiger partial charge in [0.15, 0.2) is 11.5 Å². The van der Waals surface area contributed by atoms with Crippen LogP contribution in [0.15, 0.2) is 41.2 Å². The average Bonchev–Trinajstić information content (AvgIpc) is 2.70. The van der Waals surface area contributed by atoms with E-state index in [4.69, 9.17) is 25.8 Å². The van der Waals surface area contributed by atoms with Crippen LogP contribution in [-0.2, 0) is 11.3 Å². The van der Waals surface area contributed by atoms with E-state index in [2.05, 4.69) is 4.98 Å². The summed E-state index contributed by atoms with van der Waals surface area (Å²) in [5.74, 6) is 0.112. The van der Waals surface area contributed by atoms with Gasteiger partial charge in [-0.25, -0.2) is 9.78 Å². The van der Waals surface area contributed by atoms with Gasteiger partial charge in [0, 0.05) is 11.8 Å². The van der Waals surface area contributed by atoms with Crippen molar-refractivity contribution in [1.82, 2.24) is 9.38 Å². The predicted octanol–water partition coefficient (Wildman–Crippen LogP) is 3.81. The molecule has 0 aliphatic carbocycles. The van der Waals surface area contributed by atoms with Crippen LogP contribution in [0.5, 0.6) is 11.5 Å². The Labute approximate surface area is 172 Å².